The number of nitrogens with zero attached hydrogens (tertiary/aromatic N) is 1. The Labute approximate surface area is 126 Å². The van der Waals surface area contributed by atoms with Gasteiger partial charge in [-0.2, -0.15) is 0 Å². The van der Waals surface area contributed by atoms with Crippen LogP contribution in [0.3, 0.4) is 0 Å². The van der Waals surface area contributed by atoms with Gasteiger partial charge in [-0.15, -0.1) is 0 Å². The molecule has 5 heteroatoms. The molecule has 0 saturated heterocycles. The van der Waals surface area contributed by atoms with Crippen LogP contribution in [0.15, 0.2) is 39.6 Å². The lowest BCUT2D eigenvalue weighted by molar-refractivity contribution is 0.474. The first-order valence-electron chi connectivity index (χ1n) is 6.55. The Bertz CT molecular complexity index is 636. The monoisotopic (exact) mass is 335 g/mol. The Kier molecular flexibility index (Phi) is 4.73. The Balaban J connectivity index is 2.12. The number of rotatable bonds is 4. The lowest BCUT2D eigenvalue weighted by Gasteiger charge is -2.20. The summed E-state index contributed by atoms with van der Waals surface area (Å²) in [5.74, 6) is 0.666. The molecule has 0 aliphatic rings. The zero-order chi connectivity index (χ0) is 14.7. The van der Waals surface area contributed by atoms with Crippen LogP contribution in [0.1, 0.15) is 43.0 Å². The number of aromatic amines is 1. The van der Waals surface area contributed by atoms with Crippen LogP contribution in [0.2, 0.25) is 0 Å². The van der Waals surface area contributed by atoms with E-state index in [2.05, 4.69) is 50.3 Å². The van der Waals surface area contributed by atoms with E-state index in [1.165, 1.54) is 11.6 Å². The number of hydrogen-bond acceptors (Lipinski definition) is 3. The van der Waals surface area contributed by atoms with Crippen molar-refractivity contribution >= 4 is 15.9 Å². The minimum absolute atomic E-state index is 0.0266. The van der Waals surface area contributed by atoms with Gasteiger partial charge in [0.1, 0.15) is 5.82 Å². The molecule has 0 amide bonds. The Morgan fingerprint density at radius 1 is 1.20 bits per heavy atom. The first-order chi connectivity index (χ1) is 9.45. The van der Waals surface area contributed by atoms with Crippen molar-refractivity contribution in [1.82, 2.24) is 15.3 Å². The minimum Gasteiger partial charge on any atom is -0.309 e. The summed E-state index contributed by atoms with van der Waals surface area (Å²) < 4.78 is 1.06. The first kappa shape index (κ1) is 14.9. The van der Waals surface area contributed by atoms with Gasteiger partial charge in [0.25, 0.3) is 5.56 Å². The molecular weight excluding hydrogens is 318 g/mol. The summed E-state index contributed by atoms with van der Waals surface area (Å²) in [5, 5.41) is 3.44. The average Bonchev–Trinajstić information content (AvgIpc) is 2.38. The highest BCUT2D eigenvalue weighted by Crippen LogP contribution is 2.19. The van der Waals surface area contributed by atoms with E-state index in [1.807, 2.05) is 26.0 Å². The fourth-order valence-corrected chi connectivity index (χ4v) is 2.37. The van der Waals surface area contributed by atoms with Crippen LogP contribution in [0, 0.1) is 6.92 Å². The normalized spacial score (nSPS) is 14.0. The molecule has 0 bridgehead atoms. The van der Waals surface area contributed by atoms with Crippen molar-refractivity contribution in [1.29, 1.82) is 0 Å². The van der Waals surface area contributed by atoms with Gasteiger partial charge in [0.05, 0.1) is 6.04 Å². The van der Waals surface area contributed by atoms with Gasteiger partial charge in [-0.3, -0.25) is 4.79 Å². The lowest BCUT2D eigenvalue weighted by atomic mass is 10.1. The fourth-order valence-electron chi connectivity index (χ4n) is 2.11. The number of benzene rings is 1. The maximum absolute atomic E-state index is 11.5. The van der Waals surface area contributed by atoms with E-state index < -0.39 is 0 Å². The van der Waals surface area contributed by atoms with Crippen LogP contribution in [-0.2, 0) is 0 Å². The van der Waals surface area contributed by atoms with Gasteiger partial charge < -0.3 is 10.3 Å². The third-order valence-electron chi connectivity index (χ3n) is 3.17. The highest BCUT2D eigenvalue weighted by Gasteiger charge is 2.13. The maximum Gasteiger partial charge on any atom is 0.251 e. The zero-order valence-electron chi connectivity index (χ0n) is 11.8. The molecule has 20 heavy (non-hydrogen) atoms. The molecule has 1 aromatic heterocycles. The van der Waals surface area contributed by atoms with Crippen LogP contribution in [0.5, 0.6) is 0 Å². The molecule has 0 aliphatic heterocycles. The van der Waals surface area contributed by atoms with E-state index in [0.29, 0.717) is 5.82 Å². The molecule has 4 nitrogen and oxygen atoms in total. The third-order valence-corrected chi connectivity index (χ3v) is 3.70. The summed E-state index contributed by atoms with van der Waals surface area (Å²) in [5.41, 5.74) is 1.81. The summed E-state index contributed by atoms with van der Waals surface area (Å²) in [4.78, 5) is 18.6. The summed E-state index contributed by atoms with van der Waals surface area (Å²) in [6.07, 6.45) is 0. The van der Waals surface area contributed by atoms with E-state index in [9.17, 15) is 4.79 Å². The van der Waals surface area contributed by atoms with Crippen molar-refractivity contribution in [2.75, 3.05) is 0 Å². The molecule has 2 unspecified atom stereocenters. The van der Waals surface area contributed by atoms with Gasteiger partial charge >= 0.3 is 0 Å². The SMILES string of the molecule is Cc1cc(=O)[nH]c(C(C)NC(C)c2ccc(Br)cc2)n1. The molecule has 0 fully saturated rings. The Morgan fingerprint density at radius 2 is 1.85 bits per heavy atom. The van der Waals surface area contributed by atoms with Crippen molar-refractivity contribution in [3.8, 4) is 0 Å². The Hall–Kier alpha value is -1.46. The Morgan fingerprint density at radius 3 is 2.45 bits per heavy atom. The van der Waals surface area contributed by atoms with Gasteiger partial charge in [-0.05, 0) is 38.5 Å². The number of aryl methyl sites for hydroxylation is 1. The van der Waals surface area contributed by atoms with Crippen molar-refractivity contribution in [2.45, 2.75) is 32.9 Å². The van der Waals surface area contributed by atoms with Gasteiger partial charge in [0.15, 0.2) is 0 Å². The van der Waals surface area contributed by atoms with Crippen molar-refractivity contribution in [3.63, 3.8) is 0 Å². The first-order valence-corrected chi connectivity index (χ1v) is 7.34. The number of hydrogen-bond donors (Lipinski definition) is 2. The minimum atomic E-state index is -0.113. The molecule has 2 N–H and O–H groups in total. The zero-order valence-corrected chi connectivity index (χ0v) is 13.4. The number of nitrogens with one attached hydrogen (secondary N) is 2. The fraction of sp³-hybridized carbons (Fsp3) is 0.333. The highest BCUT2D eigenvalue weighted by atomic mass is 79.9. The molecule has 2 atom stereocenters. The lowest BCUT2D eigenvalue weighted by Crippen LogP contribution is -2.26. The average molecular weight is 336 g/mol. The van der Waals surface area contributed by atoms with E-state index in [0.717, 1.165) is 10.2 Å². The second-order valence-corrected chi connectivity index (χ2v) is 5.85. The quantitative estimate of drug-likeness (QED) is 0.901. The smallest absolute Gasteiger partial charge is 0.251 e. The van der Waals surface area contributed by atoms with Crippen molar-refractivity contribution in [3.05, 3.63) is 62.2 Å². The molecule has 2 aromatic rings. The topological polar surface area (TPSA) is 57.8 Å². The highest BCUT2D eigenvalue weighted by molar-refractivity contribution is 9.10. The van der Waals surface area contributed by atoms with Crippen molar-refractivity contribution in [2.24, 2.45) is 0 Å². The summed E-state index contributed by atoms with van der Waals surface area (Å²) >= 11 is 3.43. The van der Waals surface area contributed by atoms with Crippen LogP contribution in [0.25, 0.3) is 0 Å². The van der Waals surface area contributed by atoms with Gasteiger partial charge in [0.2, 0.25) is 0 Å². The molecule has 0 aliphatic carbocycles. The second-order valence-electron chi connectivity index (χ2n) is 4.93. The van der Waals surface area contributed by atoms with Gasteiger partial charge in [-0.1, -0.05) is 28.1 Å². The third kappa shape index (κ3) is 3.77. The van der Waals surface area contributed by atoms with Gasteiger partial charge in [0, 0.05) is 22.3 Å². The van der Waals surface area contributed by atoms with Crippen molar-refractivity contribution < 1.29 is 0 Å². The largest absolute Gasteiger partial charge is 0.309 e. The maximum atomic E-state index is 11.5. The predicted octanol–water partition coefficient (Wildman–Crippen LogP) is 3.25. The second kappa shape index (κ2) is 6.33. The van der Waals surface area contributed by atoms with Crippen LogP contribution < -0.4 is 10.9 Å². The van der Waals surface area contributed by atoms with E-state index in [-0.39, 0.29) is 17.6 Å². The standard InChI is InChI=1S/C15H18BrN3O/c1-9-8-14(20)19-15(17-9)11(3)18-10(2)12-4-6-13(16)7-5-12/h4-8,10-11,18H,1-3H3,(H,17,19,20). The summed E-state index contributed by atoms with van der Waals surface area (Å²) in [7, 11) is 0. The van der Waals surface area contributed by atoms with Crippen LogP contribution in [-0.4, -0.2) is 9.97 Å². The summed E-state index contributed by atoms with van der Waals surface area (Å²) in [6, 6.07) is 9.82. The predicted molar refractivity (Wildman–Crippen MR) is 83.7 cm³/mol. The van der Waals surface area contributed by atoms with E-state index in [1.54, 1.807) is 0 Å². The molecule has 0 spiro atoms. The van der Waals surface area contributed by atoms with E-state index >= 15 is 0 Å². The summed E-state index contributed by atoms with van der Waals surface area (Å²) in [6.45, 7) is 5.91. The van der Waals surface area contributed by atoms with Crippen LogP contribution >= 0.6 is 15.9 Å². The molecular formula is C15H18BrN3O. The number of aromatic nitrogens is 2. The molecule has 2 rings (SSSR count). The van der Waals surface area contributed by atoms with Gasteiger partial charge in [-0.25, -0.2) is 4.98 Å². The molecule has 1 heterocycles. The van der Waals surface area contributed by atoms with E-state index in [4.69, 9.17) is 0 Å². The molecule has 0 saturated carbocycles. The number of H-pyrrole nitrogens is 1. The number of halogens is 1. The molecule has 1 aromatic carbocycles. The molecule has 106 valence electrons. The molecule has 0 radical (unpaired) electrons. The van der Waals surface area contributed by atoms with Crippen LogP contribution in [0.4, 0.5) is 0 Å².